The van der Waals surface area contributed by atoms with Gasteiger partial charge in [0.05, 0.1) is 5.56 Å². The van der Waals surface area contributed by atoms with Crippen molar-refractivity contribution in [2.24, 2.45) is 17.6 Å². The summed E-state index contributed by atoms with van der Waals surface area (Å²) in [4.78, 5) is 37.5. The Hall–Kier alpha value is -3.39. The number of primary amides is 1. The van der Waals surface area contributed by atoms with Crippen LogP contribution in [0.3, 0.4) is 0 Å². The Morgan fingerprint density at radius 3 is 2.47 bits per heavy atom. The molecule has 32 heavy (non-hydrogen) atoms. The number of aliphatic hydroxyl groups is 3. The second-order valence-electron chi connectivity index (χ2n) is 9.09. The van der Waals surface area contributed by atoms with Gasteiger partial charge in [0.1, 0.15) is 22.8 Å². The van der Waals surface area contributed by atoms with Crippen molar-refractivity contribution in [1.82, 2.24) is 0 Å². The minimum Gasteiger partial charge on any atom is -0.508 e. The van der Waals surface area contributed by atoms with E-state index in [2.05, 4.69) is 0 Å². The lowest BCUT2D eigenvalue weighted by Crippen LogP contribution is -2.58. The number of carbonyl (C=O) groups is 3. The summed E-state index contributed by atoms with van der Waals surface area (Å²) in [5.74, 6) is -6.12. The van der Waals surface area contributed by atoms with E-state index in [1.54, 1.807) is 6.07 Å². The lowest BCUT2D eigenvalue weighted by atomic mass is 9.59. The van der Waals surface area contributed by atoms with Gasteiger partial charge < -0.3 is 26.2 Å². The maximum atomic E-state index is 13.4. The number of nitrogens with two attached hydrogens (primary N) is 1. The number of aromatic hydroxyl groups is 1. The highest BCUT2D eigenvalue weighted by molar-refractivity contribution is 6.22. The van der Waals surface area contributed by atoms with Crippen LogP contribution in [0.1, 0.15) is 48.8 Å². The fourth-order valence-electron chi connectivity index (χ4n) is 5.53. The van der Waals surface area contributed by atoms with Crippen LogP contribution in [-0.2, 0) is 20.8 Å². The number of Topliss-reactive ketones (excluding diaryl/α,β-unsaturated/α-hetero) is 2. The lowest BCUT2D eigenvalue weighted by molar-refractivity contribution is -0.147. The SMILES string of the molecule is NC(=O)C1=C(O)C2(O)C(=O)C3=C(O)c4c(O)ccc(C=C5CCC5)c4CC3CC2CC1=O. The fourth-order valence-corrected chi connectivity index (χ4v) is 5.53. The first-order valence-electron chi connectivity index (χ1n) is 10.7. The van der Waals surface area contributed by atoms with E-state index < -0.39 is 52.0 Å². The lowest BCUT2D eigenvalue weighted by Gasteiger charge is -2.46. The van der Waals surface area contributed by atoms with Crippen LogP contribution in [0.25, 0.3) is 11.8 Å². The number of carbonyl (C=O) groups excluding carboxylic acids is 3. The zero-order valence-electron chi connectivity index (χ0n) is 17.2. The van der Waals surface area contributed by atoms with Crippen LogP contribution >= 0.6 is 0 Å². The molecule has 4 aliphatic rings. The Labute approximate surface area is 183 Å². The Kier molecular flexibility index (Phi) is 4.36. The van der Waals surface area contributed by atoms with Gasteiger partial charge >= 0.3 is 0 Å². The normalized spacial score (nSPS) is 29.2. The molecular formula is C24H23NO7. The van der Waals surface area contributed by atoms with Gasteiger partial charge in [-0.05, 0) is 55.2 Å². The third-order valence-corrected chi connectivity index (χ3v) is 7.34. The molecule has 0 saturated heterocycles. The highest BCUT2D eigenvalue weighted by atomic mass is 16.3. The summed E-state index contributed by atoms with van der Waals surface area (Å²) < 4.78 is 0. The van der Waals surface area contributed by atoms with Crippen LogP contribution < -0.4 is 5.73 Å². The molecule has 1 aromatic carbocycles. The third kappa shape index (κ3) is 2.62. The largest absolute Gasteiger partial charge is 0.508 e. The number of benzene rings is 1. The van der Waals surface area contributed by atoms with Gasteiger partial charge in [-0.1, -0.05) is 17.7 Å². The number of ketones is 2. The second-order valence-corrected chi connectivity index (χ2v) is 9.09. The van der Waals surface area contributed by atoms with E-state index in [1.165, 1.54) is 11.6 Å². The molecule has 5 rings (SSSR count). The van der Waals surface area contributed by atoms with Crippen molar-refractivity contribution in [3.63, 3.8) is 0 Å². The molecule has 0 heterocycles. The van der Waals surface area contributed by atoms with E-state index in [0.29, 0.717) is 12.0 Å². The summed E-state index contributed by atoms with van der Waals surface area (Å²) in [5, 5.41) is 43.3. The first-order chi connectivity index (χ1) is 15.1. The van der Waals surface area contributed by atoms with Crippen molar-refractivity contribution in [1.29, 1.82) is 0 Å². The number of hydrogen-bond acceptors (Lipinski definition) is 7. The zero-order chi connectivity index (χ0) is 22.9. The van der Waals surface area contributed by atoms with Crippen LogP contribution in [0.5, 0.6) is 5.75 Å². The Balaban J connectivity index is 1.68. The molecule has 8 heteroatoms. The first kappa shape index (κ1) is 20.5. The predicted molar refractivity (Wildman–Crippen MR) is 113 cm³/mol. The van der Waals surface area contributed by atoms with Gasteiger partial charge in [0.15, 0.2) is 11.4 Å². The van der Waals surface area contributed by atoms with Crippen LogP contribution in [0.4, 0.5) is 0 Å². The molecule has 0 aliphatic heterocycles. The molecule has 2 saturated carbocycles. The minimum absolute atomic E-state index is 0.121. The van der Waals surface area contributed by atoms with Crippen molar-refractivity contribution < 1.29 is 34.8 Å². The topological polar surface area (TPSA) is 158 Å². The van der Waals surface area contributed by atoms with Gasteiger partial charge in [-0.3, -0.25) is 14.4 Å². The summed E-state index contributed by atoms with van der Waals surface area (Å²) in [5.41, 5.74) is 4.71. The van der Waals surface area contributed by atoms with Gasteiger partial charge in [0.25, 0.3) is 5.91 Å². The van der Waals surface area contributed by atoms with Crippen molar-refractivity contribution >= 4 is 29.3 Å². The number of aliphatic hydroxyl groups excluding tert-OH is 2. The van der Waals surface area contributed by atoms with Crippen molar-refractivity contribution in [3.05, 3.63) is 51.3 Å². The smallest absolute Gasteiger partial charge is 0.255 e. The van der Waals surface area contributed by atoms with Gasteiger partial charge in [-0.15, -0.1) is 0 Å². The Bertz CT molecular complexity index is 1200. The molecule has 0 aromatic heterocycles. The average Bonchev–Trinajstić information content (AvgIpc) is 2.68. The van der Waals surface area contributed by atoms with E-state index in [4.69, 9.17) is 5.73 Å². The Morgan fingerprint density at radius 1 is 1.12 bits per heavy atom. The monoisotopic (exact) mass is 437 g/mol. The highest BCUT2D eigenvalue weighted by Crippen LogP contribution is 2.52. The molecule has 1 aromatic rings. The quantitative estimate of drug-likeness (QED) is 0.443. The molecule has 0 bridgehead atoms. The van der Waals surface area contributed by atoms with Crippen molar-refractivity contribution in [3.8, 4) is 5.75 Å². The van der Waals surface area contributed by atoms with E-state index in [1.807, 2.05) is 6.08 Å². The molecule has 3 atom stereocenters. The molecule has 166 valence electrons. The molecule has 1 amide bonds. The zero-order valence-corrected chi connectivity index (χ0v) is 17.2. The fraction of sp³-hybridized carbons (Fsp3) is 0.375. The van der Waals surface area contributed by atoms with Gasteiger partial charge in [0, 0.05) is 17.9 Å². The standard InChI is InChI=1S/C24H23NO7/c25-23(31)19-16(27)9-13-7-12-8-14-11(6-10-2-1-3-10)4-5-15(26)18(14)20(28)17(12)21(29)24(13,32)22(19)30/h4-6,12-13,26,28,30,32H,1-3,7-9H2,(H2,25,31). The molecular weight excluding hydrogens is 414 g/mol. The number of rotatable bonds is 2. The Morgan fingerprint density at radius 2 is 1.84 bits per heavy atom. The summed E-state index contributed by atoms with van der Waals surface area (Å²) >= 11 is 0. The summed E-state index contributed by atoms with van der Waals surface area (Å²) in [7, 11) is 0. The molecule has 2 fully saturated rings. The van der Waals surface area contributed by atoms with Crippen molar-refractivity contribution in [2.45, 2.75) is 44.1 Å². The van der Waals surface area contributed by atoms with E-state index in [9.17, 15) is 34.8 Å². The van der Waals surface area contributed by atoms with E-state index >= 15 is 0 Å². The predicted octanol–water partition coefficient (Wildman–Crippen LogP) is 1.99. The van der Waals surface area contributed by atoms with E-state index in [-0.39, 0.29) is 29.7 Å². The number of allylic oxidation sites excluding steroid dienone is 1. The molecule has 0 radical (unpaired) electrons. The first-order valence-corrected chi connectivity index (χ1v) is 10.7. The summed E-state index contributed by atoms with van der Waals surface area (Å²) in [6.07, 6.45) is 5.29. The van der Waals surface area contributed by atoms with Crippen LogP contribution in [0.15, 0.2) is 34.6 Å². The van der Waals surface area contributed by atoms with Gasteiger partial charge in [-0.2, -0.15) is 0 Å². The summed E-state index contributed by atoms with van der Waals surface area (Å²) in [6.45, 7) is 0. The van der Waals surface area contributed by atoms with Crippen LogP contribution in [0.2, 0.25) is 0 Å². The number of phenols is 1. The number of hydrogen-bond donors (Lipinski definition) is 5. The number of fused-ring (bicyclic) bond motifs is 3. The van der Waals surface area contributed by atoms with Gasteiger partial charge in [-0.25, -0.2) is 0 Å². The van der Waals surface area contributed by atoms with Gasteiger partial charge in [0.2, 0.25) is 5.78 Å². The highest BCUT2D eigenvalue weighted by Gasteiger charge is 2.60. The minimum atomic E-state index is -2.53. The molecule has 3 unspecified atom stereocenters. The van der Waals surface area contributed by atoms with Crippen LogP contribution in [0, 0.1) is 11.8 Å². The molecule has 6 N–H and O–H groups in total. The van der Waals surface area contributed by atoms with E-state index in [0.717, 1.165) is 24.8 Å². The second kappa shape index (κ2) is 6.80. The third-order valence-electron chi connectivity index (χ3n) is 7.34. The molecule has 0 spiro atoms. The van der Waals surface area contributed by atoms with Crippen molar-refractivity contribution in [2.75, 3.05) is 0 Å². The maximum absolute atomic E-state index is 13.4. The number of amides is 1. The average molecular weight is 437 g/mol. The summed E-state index contributed by atoms with van der Waals surface area (Å²) in [6, 6.07) is 3.23. The molecule has 8 nitrogen and oxygen atoms in total. The van der Waals surface area contributed by atoms with Crippen LogP contribution in [-0.4, -0.2) is 43.5 Å². The molecule has 4 aliphatic carbocycles. The number of phenolic OH excluding ortho intramolecular Hbond substituents is 1. The maximum Gasteiger partial charge on any atom is 0.255 e.